The van der Waals surface area contributed by atoms with Gasteiger partial charge in [0.05, 0.1) is 12.7 Å². The number of aromatic hydroxyl groups is 2. The molecule has 0 heterocycles. The van der Waals surface area contributed by atoms with Crippen LogP contribution in [0.1, 0.15) is 21.5 Å². The molecule has 142 valence electrons. The molecule has 0 bridgehead atoms. The maximum atomic E-state index is 12.4. The van der Waals surface area contributed by atoms with Gasteiger partial charge in [0.2, 0.25) is 0 Å². The molecular formula is C23H20O5. The minimum atomic E-state index is -0.348. The third-order valence-electron chi connectivity index (χ3n) is 4.11. The van der Waals surface area contributed by atoms with Crippen LogP contribution in [0, 0.1) is 0 Å². The van der Waals surface area contributed by atoms with Crippen molar-refractivity contribution in [3.63, 3.8) is 0 Å². The summed E-state index contributed by atoms with van der Waals surface area (Å²) in [5, 5.41) is 19.8. The first-order valence-electron chi connectivity index (χ1n) is 8.66. The van der Waals surface area contributed by atoms with E-state index in [0.717, 1.165) is 5.56 Å². The normalized spacial score (nSPS) is 10.8. The van der Waals surface area contributed by atoms with Crippen molar-refractivity contribution in [2.45, 2.75) is 6.61 Å². The molecule has 0 radical (unpaired) electrons. The number of carbonyl (C=O) groups is 1. The van der Waals surface area contributed by atoms with Crippen LogP contribution in [-0.2, 0) is 6.61 Å². The number of benzene rings is 3. The van der Waals surface area contributed by atoms with Crippen molar-refractivity contribution in [2.75, 3.05) is 7.11 Å². The molecule has 2 N–H and O–H groups in total. The molecule has 3 aromatic carbocycles. The number of allylic oxidation sites excluding steroid dienone is 1. The third kappa shape index (κ3) is 4.71. The monoisotopic (exact) mass is 376 g/mol. The zero-order valence-corrected chi connectivity index (χ0v) is 15.3. The van der Waals surface area contributed by atoms with E-state index in [-0.39, 0.29) is 22.8 Å². The van der Waals surface area contributed by atoms with Gasteiger partial charge in [0, 0.05) is 6.07 Å². The zero-order chi connectivity index (χ0) is 19.9. The van der Waals surface area contributed by atoms with Gasteiger partial charge in [-0.05, 0) is 41.5 Å². The highest BCUT2D eigenvalue weighted by molar-refractivity contribution is 6.08. The second kappa shape index (κ2) is 8.77. The topological polar surface area (TPSA) is 76.0 Å². The summed E-state index contributed by atoms with van der Waals surface area (Å²) in [6.07, 6.45) is 2.94. The predicted molar refractivity (Wildman–Crippen MR) is 107 cm³/mol. The fourth-order valence-corrected chi connectivity index (χ4v) is 2.61. The molecule has 5 nitrogen and oxygen atoms in total. The molecule has 0 fully saturated rings. The van der Waals surface area contributed by atoms with E-state index in [1.165, 1.54) is 31.4 Å². The lowest BCUT2D eigenvalue weighted by Crippen LogP contribution is -1.98. The van der Waals surface area contributed by atoms with Gasteiger partial charge in [0.15, 0.2) is 17.3 Å². The molecule has 3 rings (SSSR count). The van der Waals surface area contributed by atoms with Crippen LogP contribution in [0.15, 0.2) is 72.8 Å². The summed E-state index contributed by atoms with van der Waals surface area (Å²) in [6.45, 7) is 0.371. The summed E-state index contributed by atoms with van der Waals surface area (Å²) in [4.78, 5) is 12.4. The maximum absolute atomic E-state index is 12.4. The van der Waals surface area contributed by atoms with Crippen LogP contribution >= 0.6 is 0 Å². The lowest BCUT2D eigenvalue weighted by atomic mass is 10.1. The highest BCUT2D eigenvalue weighted by Gasteiger charge is 2.10. The van der Waals surface area contributed by atoms with Gasteiger partial charge in [-0.1, -0.05) is 42.5 Å². The van der Waals surface area contributed by atoms with Crippen molar-refractivity contribution < 1.29 is 24.5 Å². The Morgan fingerprint density at radius 3 is 2.46 bits per heavy atom. The van der Waals surface area contributed by atoms with E-state index in [9.17, 15) is 15.0 Å². The fraction of sp³-hybridized carbons (Fsp3) is 0.0870. The maximum Gasteiger partial charge on any atom is 0.189 e. The average Bonchev–Trinajstić information content (AvgIpc) is 2.72. The standard InChI is InChI=1S/C23H20O5/c1-27-23-13-16(8-12-21(23)25)7-11-20(24)19-10-9-18(14-22(19)26)28-15-17-5-3-2-4-6-17/h2-14,25-26H,15H2,1H3/b11-7+. The third-order valence-corrected chi connectivity index (χ3v) is 4.11. The first kappa shape index (κ1) is 19.0. The van der Waals surface area contributed by atoms with E-state index in [2.05, 4.69) is 0 Å². The van der Waals surface area contributed by atoms with Crippen LogP contribution in [0.4, 0.5) is 0 Å². The summed E-state index contributed by atoms with van der Waals surface area (Å²) < 4.78 is 10.7. The lowest BCUT2D eigenvalue weighted by molar-refractivity contribution is 0.104. The van der Waals surface area contributed by atoms with Gasteiger partial charge in [-0.2, -0.15) is 0 Å². The Labute approximate surface area is 163 Å². The Bertz CT molecular complexity index is 993. The van der Waals surface area contributed by atoms with Crippen LogP contribution in [0.2, 0.25) is 0 Å². The number of rotatable bonds is 7. The molecule has 0 aliphatic heterocycles. The minimum Gasteiger partial charge on any atom is -0.507 e. The summed E-state index contributed by atoms with van der Waals surface area (Å²) in [6, 6.07) is 19.0. The van der Waals surface area contributed by atoms with E-state index < -0.39 is 0 Å². The first-order valence-corrected chi connectivity index (χ1v) is 8.66. The number of methoxy groups -OCH3 is 1. The number of ketones is 1. The Morgan fingerprint density at radius 2 is 1.75 bits per heavy atom. The van der Waals surface area contributed by atoms with E-state index in [1.54, 1.807) is 24.3 Å². The molecule has 5 heteroatoms. The molecule has 0 amide bonds. The Balaban J connectivity index is 1.68. The average molecular weight is 376 g/mol. The highest BCUT2D eigenvalue weighted by atomic mass is 16.5. The van der Waals surface area contributed by atoms with Crippen molar-refractivity contribution >= 4 is 11.9 Å². The van der Waals surface area contributed by atoms with Crippen molar-refractivity contribution in [1.29, 1.82) is 0 Å². The van der Waals surface area contributed by atoms with Gasteiger partial charge in [-0.25, -0.2) is 0 Å². The second-order valence-corrected chi connectivity index (χ2v) is 6.08. The summed E-state index contributed by atoms with van der Waals surface area (Å²) in [7, 11) is 1.45. The molecule has 0 unspecified atom stereocenters. The molecule has 0 spiro atoms. The van der Waals surface area contributed by atoms with E-state index in [1.807, 2.05) is 30.3 Å². The molecule has 0 saturated heterocycles. The number of hydrogen-bond donors (Lipinski definition) is 2. The number of phenolic OH excluding ortho intramolecular Hbond substituents is 2. The van der Waals surface area contributed by atoms with Crippen molar-refractivity contribution in [2.24, 2.45) is 0 Å². The van der Waals surface area contributed by atoms with E-state index in [0.29, 0.717) is 23.7 Å². The highest BCUT2D eigenvalue weighted by Crippen LogP contribution is 2.28. The molecular weight excluding hydrogens is 356 g/mol. The Hall–Kier alpha value is -3.73. The number of ether oxygens (including phenoxy) is 2. The van der Waals surface area contributed by atoms with Gasteiger partial charge in [-0.3, -0.25) is 4.79 Å². The van der Waals surface area contributed by atoms with Gasteiger partial charge >= 0.3 is 0 Å². The van der Waals surface area contributed by atoms with Gasteiger partial charge in [-0.15, -0.1) is 0 Å². The van der Waals surface area contributed by atoms with Gasteiger partial charge in [0.25, 0.3) is 0 Å². The quantitative estimate of drug-likeness (QED) is 0.466. The molecule has 0 aromatic heterocycles. The largest absolute Gasteiger partial charge is 0.507 e. The smallest absolute Gasteiger partial charge is 0.189 e. The van der Waals surface area contributed by atoms with Gasteiger partial charge in [0.1, 0.15) is 18.1 Å². The van der Waals surface area contributed by atoms with Crippen LogP contribution in [0.5, 0.6) is 23.0 Å². The molecule has 28 heavy (non-hydrogen) atoms. The van der Waals surface area contributed by atoms with Crippen LogP contribution in [0.25, 0.3) is 6.08 Å². The predicted octanol–water partition coefficient (Wildman–Crippen LogP) is 4.58. The Kier molecular flexibility index (Phi) is 5.97. The molecule has 3 aromatic rings. The number of carbonyl (C=O) groups excluding carboxylic acids is 1. The fourth-order valence-electron chi connectivity index (χ4n) is 2.61. The van der Waals surface area contributed by atoms with Gasteiger partial charge < -0.3 is 19.7 Å². The number of hydrogen-bond acceptors (Lipinski definition) is 5. The second-order valence-electron chi connectivity index (χ2n) is 6.08. The molecule has 0 aliphatic rings. The first-order chi connectivity index (χ1) is 13.6. The lowest BCUT2D eigenvalue weighted by Gasteiger charge is -2.08. The number of phenols is 2. The minimum absolute atomic E-state index is 0.0229. The van der Waals surface area contributed by atoms with Crippen LogP contribution < -0.4 is 9.47 Å². The summed E-state index contributed by atoms with van der Waals surface area (Å²) in [5.41, 5.74) is 1.87. The Morgan fingerprint density at radius 1 is 0.964 bits per heavy atom. The molecule has 0 atom stereocenters. The summed E-state index contributed by atoms with van der Waals surface area (Å²) >= 11 is 0. The molecule has 0 saturated carbocycles. The van der Waals surface area contributed by atoms with Crippen LogP contribution in [0.3, 0.4) is 0 Å². The summed E-state index contributed by atoms with van der Waals surface area (Å²) in [5.74, 6) is 0.319. The SMILES string of the molecule is COc1cc(/C=C/C(=O)c2ccc(OCc3ccccc3)cc2O)ccc1O. The van der Waals surface area contributed by atoms with E-state index in [4.69, 9.17) is 9.47 Å². The van der Waals surface area contributed by atoms with Crippen molar-refractivity contribution in [1.82, 2.24) is 0 Å². The molecule has 0 aliphatic carbocycles. The van der Waals surface area contributed by atoms with Crippen molar-refractivity contribution in [3.8, 4) is 23.0 Å². The van der Waals surface area contributed by atoms with E-state index >= 15 is 0 Å². The zero-order valence-electron chi connectivity index (χ0n) is 15.3. The van der Waals surface area contributed by atoms with Crippen LogP contribution in [-0.4, -0.2) is 23.1 Å². The van der Waals surface area contributed by atoms with Crippen molar-refractivity contribution in [3.05, 3.63) is 89.5 Å².